The Morgan fingerprint density at radius 1 is 1.27 bits per heavy atom. The van der Waals surface area contributed by atoms with Gasteiger partial charge >= 0.3 is 0 Å². The number of hydrogen-bond donors (Lipinski definition) is 1. The molecule has 1 heterocycles. The summed E-state index contributed by atoms with van der Waals surface area (Å²) in [6.07, 6.45) is 0. The quantitative estimate of drug-likeness (QED) is 0.769. The van der Waals surface area contributed by atoms with Crippen LogP contribution in [-0.4, -0.2) is 22.1 Å². The predicted molar refractivity (Wildman–Crippen MR) is 66.6 cm³/mol. The molecule has 3 heteroatoms. The number of thiocarbonyl (C=S) groups is 1. The van der Waals surface area contributed by atoms with Gasteiger partial charge in [-0.3, -0.25) is 0 Å². The molecule has 0 aromatic heterocycles. The summed E-state index contributed by atoms with van der Waals surface area (Å²) < 4.78 is 0. The molecule has 2 nitrogen and oxygen atoms in total. The zero-order valence-electron chi connectivity index (χ0n) is 9.10. The molecule has 1 fully saturated rings. The SMILES string of the molecule is CC1NC(=S)N(Cc2ccccc2)C1C. The smallest absolute Gasteiger partial charge is 0.169 e. The largest absolute Gasteiger partial charge is 0.358 e. The van der Waals surface area contributed by atoms with Crippen LogP contribution >= 0.6 is 12.2 Å². The lowest BCUT2D eigenvalue weighted by Gasteiger charge is -2.23. The van der Waals surface area contributed by atoms with E-state index in [0.29, 0.717) is 12.1 Å². The Hall–Kier alpha value is -1.09. The third-order valence-corrected chi connectivity index (χ3v) is 3.38. The van der Waals surface area contributed by atoms with Gasteiger partial charge in [0, 0.05) is 18.6 Å². The molecule has 0 aliphatic carbocycles. The van der Waals surface area contributed by atoms with Crippen LogP contribution in [-0.2, 0) is 6.54 Å². The molecule has 0 radical (unpaired) electrons. The van der Waals surface area contributed by atoms with E-state index >= 15 is 0 Å². The Morgan fingerprint density at radius 2 is 1.93 bits per heavy atom. The molecular formula is C12H16N2S. The van der Waals surface area contributed by atoms with Crippen molar-refractivity contribution >= 4 is 17.3 Å². The first-order valence-electron chi connectivity index (χ1n) is 5.29. The van der Waals surface area contributed by atoms with Gasteiger partial charge < -0.3 is 10.2 Å². The Labute approximate surface area is 96.3 Å². The van der Waals surface area contributed by atoms with Crippen molar-refractivity contribution < 1.29 is 0 Å². The van der Waals surface area contributed by atoms with Crippen LogP contribution in [0.4, 0.5) is 0 Å². The molecule has 0 amide bonds. The number of nitrogens with one attached hydrogen (secondary N) is 1. The fraction of sp³-hybridized carbons (Fsp3) is 0.417. The van der Waals surface area contributed by atoms with Crippen molar-refractivity contribution in [2.75, 3.05) is 0 Å². The van der Waals surface area contributed by atoms with Crippen molar-refractivity contribution in [1.29, 1.82) is 0 Å². The molecule has 80 valence electrons. The van der Waals surface area contributed by atoms with Gasteiger partial charge in [0.25, 0.3) is 0 Å². The van der Waals surface area contributed by atoms with E-state index in [1.807, 2.05) is 6.07 Å². The number of benzene rings is 1. The van der Waals surface area contributed by atoms with Crippen LogP contribution in [0.3, 0.4) is 0 Å². The molecule has 1 N–H and O–H groups in total. The topological polar surface area (TPSA) is 15.3 Å². The summed E-state index contributed by atoms with van der Waals surface area (Å²) in [5.41, 5.74) is 1.31. The van der Waals surface area contributed by atoms with E-state index in [9.17, 15) is 0 Å². The van der Waals surface area contributed by atoms with Crippen LogP contribution in [0, 0.1) is 0 Å². The lowest BCUT2D eigenvalue weighted by atomic mass is 10.1. The highest BCUT2D eigenvalue weighted by molar-refractivity contribution is 7.80. The van der Waals surface area contributed by atoms with E-state index < -0.39 is 0 Å². The highest BCUT2D eigenvalue weighted by Gasteiger charge is 2.29. The number of rotatable bonds is 2. The van der Waals surface area contributed by atoms with Crippen molar-refractivity contribution in [3.63, 3.8) is 0 Å². The molecule has 2 rings (SSSR count). The molecule has 0 bridgehead atoms. The molecule has 2 atom stereocenters. The highest BCUT2D eigenvalue weighted by atomic mass is 32.1. The first-order chi connectivity index (χ1) is 7.18. The zero-order valence-corrected chi connectivity index (χ0v) is 9.92. The lowest BCUT2D eigenvalue weighted by Crippen LogP contribution is -2.32. The molecule has 1 aliphatic heterocycles. The van der Waals surface area contributed by atoms with Gasteiger partial charge in [-0.25, -0.2) is 0 Å². The maximum Gasteiger partial charge on any atom is 0.169 e. The van der Waals surface area contributed by atoms with E-state index in [2.05, 4.69) is 48.3 Å². The summed E-state index contributed by atoms with van der Waals surface area (Å²) in [5, 5.41) is 4.17. The van der Waals surface area contributed by atoms with E-state index in [1.54, 1.807) is 0 Å². The van der Waals surface area contributed by atoms with Gasteiger partial charge in [-0.05, 0) is 31.6 Å². The molecule has 0 spiro atoms. The first kappa shape index (κ1) is 10.4. The minimum Gasteiger partial charge on any atom is -0.358 e. The van der Waals surface area contributed by atoms with Gasteiger partial charge in [0.2, 0.25) is 0 Å². The Bertz CT molecular complexity index is 350. The fourth-order valence-electron chi connectivity index (χ4n) is 1.85. The minimum atomic E-state index is 0.446. The summed E-state index contributed by atoms with van der Waals surface area (Å²) in [4.78, 5) is 2.25. The van der Waals surface area contributed by atoms with Crippen LogP contribution in [0.5, 0.6) is 0 Å². The molecule has 1 saturated heterocycles. The molecular weight excluding hydrogens is 204 g/mol. The van der Waals surface area contributed by atoms with Crippen LogP contribution < -0.4 is 5.32 Å². The summed E-state index contributed by atoms with van der Waals surface area (Å²) in [5.74, 6) is 0. The first-order valence-corrected chi connectivity index (χ1v) is 5.70. The number of hydrogen-bond acceptors (Lipinski definition) is 1. The van der Waals surface area contributed by atoms with Crippen molar-refractivity contribution in [2.24, 2.45) is 0 Å². The van der Waals surface area contributed by atoms with Gasteiger partial charge in [0.1, 0.15) is 0 Å². The van der Waals surface area contributed by atoms with Crippen molar-refractivity contribution in [2.45, 2.75) is 32.5 Å². The molecule has 1 aliphatic rings. The maximum atomic E-state index is 5.31. The van der Waals surface area contributed by atoms with E-state index in [-0.39, 0.29) is 0 Å². The van der Waals surface area contributed by atoms with E-state index in [0.717, 1.165) is 11.7 Å². The normalized spacial score (nSPS) is 25.5. The van der Waals surface area contributed by atoms with Crippen molar-refractivity contribution in [3.05, 3.63) is 35.9 Å². The van der Waals surface area contributed by atoms with Crippen molar-refractivity contribution in [3.8, 4) is 0 Å². The average Bonchev–Trinajstić information content (AvgIpc) is 2.47. The second-order valence-electron chi connectivity index (χ2n) is 4.09. The second kappa shape index (κ2) is 4.19. The zero-order chi connectivity index (χ0) is 10.8. The Balaban J connectivity index is 2.09. The third-order valence-electron chi connectivity index (χ3n) is 3.02. The predicted octanol–water partition coefficient (Wildman–Crippen LogP) is 2.15. The molecule has 15 heavy (non-hydrogen) atoms. The van der Waals surface area contributed by atoms with Crippen LogP contribution in [0.1, 0.15) is 19.4 Å². The lowest BCUT2D eigenvalue weighted by molar-refractivity contribution is 0.335. The second-order valence-corrected chi connectivity index (χ2v) is 4.48. The highest BCUT2D eigenvalue weighted by Crippen LogP contribution is 2.16. The molecule has 2 unspecified atom stereocenters. The van der Waals surface area contributed by atoms with Gasteiger partial charge in [-0.1, -0.05) is 30.3 Å². The van der Waals surface area contributed by atoms with Gasteiger partial charge in [0.15, 0.2) is 5.11 Å². The number of nitrogens with zero attached hydrogens (tertiary/aromatic N) is 1. The van der Waals surface area contributed by atoms with Gasteiger partial charge in [-0.2, -0.15) is 0 Å². The van der Waals surface area contributed by atoms with Gasteiger partial charge in [-0.15, -0.1) is 0 Å². The Kier molecular flexibility index (Phi) is 2.91. The van der Waals surface area contributed by atoms with E-state index in [1.165, 1.54) is 5.56 Å². The Morgan fingerprint density at radius 3 is 2.47 bits per heavy atom. The fourth-order valence-corrected chi connectivity index (χ4v) is 2.27. The molecule has 1 aromatic carbocycles. The standard InChI is InChI=1S/C12H16N2S/c1-9-10(2)14(12(15)13-9)8-11-6-4-3-5-7-11/h3-7,9-10H,8H2,1-2H3,(H,13,15). The van der Waals surface area contributed by atoms with Crippen LogP contribution in [0.25, 0.3) is 0 Å². The van der Waals surface area contributed by atoms with Crippen LogP contribution in [0.2, 0.25) is 0 Å². The van der Waals surface area contributed by atoms with Gasteiger partial charge in [0.05, 0.1) is 0 Å². The third kappa shape index (κ3) is 2.12. The van der Waals surface area contributed by atoms with Crippen molar-refractivity contribution in [1.82, 2.24) is 10.2 Å². The molecule has 0 saturated carbocycles. The summed E-state index contributed by atoms with van der Waals surface area (Å²) in [7, 11) is 0. The average molecular weight is 220 g/mol. The summed E-state index contributed by atoms with van der Waals surface area (Å²) in [6, 6.07) is 11.4. The monoisotopic (exact) mass is 220 g/mol. The summed E-state index contributed by atoms with van der Waals surface area (Å²) in [6.45, 7) is 5.28. The maximum absolute atomic E-state index is 5.31. The van der Waals surface area contributed by atoms with E-state index in [4.69, 9.17) is 12.2 Å². The summed E-state index contributed by atoms with van der Waals surface area (Å²) >= 11 is 5.31. The van der Waals surface area contributed by atoms with Crippen LogP contribution in [0.15, 0.2) is 30.3 Å². The minimum absolute atomic E-state index is 0.446. The molecule has 1 aromatic rings.